The van der Waals surface area contributed by atoms with Crippen LogP contribution in [0.3, 0.4) is 0 Å². The first kappa shape index (κ1) is 11.2. The maximum atomic E-state index is 11.3. The van der Waals surface area contributed by atoms with Crippen LogP contribution in [0.15, 0.2) is 24.5 Å². The van der Waals surface area contributed by atoms with Gasteiger partial charge in [-0.1, -0.05) is 0 Å². The first-order valence-corrected chi connectivity index (χ1v) is 4.73. The highest BCUT2D eigenvalue weighted by Crippen LogP contribution is 2.08. The Morgan fingerprint density at radius 1 is 1.60 bits per heavy atom. The first-order chi connectivity index (χ1) is 7.27. The molecule has 0 saturated carbocycles. The lowest BCUT2D eigenvalue weighted by atomic mass is 10.0. The van der Waals surface area contributed by atoms with Gasteiger partial charge in [0.05, 0.1) is 12.7 Å². The van der Waals surface area contributed by atoms with Crippen molar-refractivity contribution in [3.63, 3.8) is 0 Å². The lowest BCUT2D eigenvalue weighted by Gasteiger charge is -2.07. The van der Waals surface area contributed by atoms with Gasteiger partial charge in [-0.25, -0.2) is 0 Å². The molecule has 0 aromatic carbocycles. The van der Waals surface area contributed by atoms with Gasteiger partial charge in [-0.05, 0) is 31.0 Å². The molecular formula is C11H12N2O2. The lowest BCUT2D eigenvalue weighted by molar-refractivity contribution is -0.145. The fourth-order valence-electron chi connectivity index (χ4n) is 1.18. The summed E-state index contributed by atoms with van der Waals surface area (Å²) in [5.41, 5.74) is 0.907. The average molecular weight is 204 g/mol. The normalized spacial score (nSPS) is 11.5. The van der Waals surface area contributed by atoms with Gasteiger partial charge in [0.1, 0.15) is 5.92 Å². The summed E-state index contributed by atoms with van der Waals surface area (Å²) in [6, 6.07) is 5.50. The predicted octanol–water partition coefficient (Wildman–Crippen LogP) is 1.33. The monoisotopic (exact) mass is 204 g/mol. The molecule has 0 amide bonds. The van der Waals surface area contributed by atoms with Crippen molar-refractivity contribution in [1.29, 1.82) is 5.26 Å². The van der Waals surface area contributed by atoms with Crippen LogP contribution >= 0.6 is 0 Å². The Morgan fingerprint density at radius 2 is 2.27 bits per heavy atom. The summed E-state index contributed by atoms with van der Waals surface area (Å²) < 4.78 is 4.79. The van der Waals surface area contributed by atoms with Gasteiger partial charge in [-0.2, -0.15) is 5.26 Å². The number of nitrogens with zero attached hydrogens (tertiary/aromatic N) is 2. The average Bonchev–Trinajstić information content (AvgIpc) is 2.27. The number of pyridine rings is 1. The van der Waals surface area contributed by atoms with E-state index in [2.05, 4.69) is 4.98 Å². The lowest BCUT2D eigenvalue weighted by Crippen LogP contribution is -2.18. The predicted molar refractivity (Wildman–Crippen MR) is 53.7 cm³/mol. The standard InChI is InChI=1S/C11H12N2O2/c1-2-15-11(14)10(8-12)7-9-3-5-13-6-4-9/h3-6,10H,2,7H2,1H3/t10-/m1/s1. The number of esters is 1. The Kier molecular flexibility index (Phi) is 4.30. The molecule has 0 spiro atoms. The van der Waals surface area contributed by atoms with Gasteiger partial charge in [0.25, 0.3) is 0 Å². The molecule has 1 aromatic heterocycles. The van der Waals surface area contributed by atoms with Crippen molar-refractivity contribution in [2.75, 3.05) is 6.61 Å². The van der Waals surface area contributed by atoms with Crippen LogP contribution in [-0.4, -0.2) is 17.6 Å². The molecule has 0 fully saturated rings. The molecule has 0 saturated heterocycles. The van der Waals surface area contributed by atoms with E-state index < -0.39 is 11.9 Å². The number of nitriles is 1. The molecule has 0 aliphatic rings. The maximum absolute atomic E-state index is 11.3. The molecule has 4 nitrogen and oxygen atoms in total. The van der Waals surface area contributed by atoms with Crippen molar-refractivity contribution in [1.82, 2.24) is 4.98 Å². The Morgan fingerprint density at radius 3 is 2.80 bits per heavy atom. The van der Waals surface area contributed by atoms with E-state index in [4.69, 9.17) is 10.00 Å². The van der Waals surface area contributed by atoms with Crippen molar-refractivity contribution in [2.24, 2.45) is 5.92 Å². The molecule has 1 rings (SSSR count). The molecule has 0 N–H and O–H groups in total. The number of rotatable bonds is 4. The molecule has 0 aliphatic carbocycles. The second-order valence-electron chi connectivity index (χ2n) is 2.99. The molecule has 1 aromatic rings. The van der Waals surface area contributed by atoms with Crippen molar-refractivity contribution in [3.8, 4) is 6.07 Å². The SMILES string of the molecule is CCOC(=O)[C@@H](C#N)Cc1ccncc1. The minimum absolute atomic E-state index is 0.299. The minimum atomic E-state index is -0.729. The summed E-state index contributed by atoms with van der Waals surface area (Å²) in [6.45, 7) is 2.02. The maximum Gasteiger partial charge on any atom is 0.323 e. The number of hydrogen-bond donors (Lipinski definition) is 0. The molecule has 4 heteroatoms. The van der Waals surface area contributed by atoms with Gasteiger partial charge in [-0.3, -0.25) is 9.78 Å². The zero-order valence-electron chi connectivity index (χ0n) is 8.51. The van der Waals surface area contributed by atoms with Gasteiger partial charge in [0, 0.05) is 12.4 Å². The van der Waals surface area contributed by atoms with Crippen molar-refractivity contribution in [2.45, 2.75) is 13.3 Å². The Hall–Kier alpha value is -1.89. The zero-order valence-corrected chi connectivity index (χ0v) is 8.51. The van der Waals surface area contributed by atoms with E-state index in [1.165, 1.54) is 0 Å². The summed E-state index contributed by atoms with van der Waals surface area (Å²) >= 11 is 0. The Bertz CT molecular complexity index is 357. The van der Waals surface area contributed by atoms with Crippen molar-refractivity contribution in [3.05, 3.63) is 30.1 Å². The van der Waals surface area contributed by atoms with Crippen LogP contribution in [-0.2, 0) is 16.0 Å². The molecule has 0 unspecified atom stereocenters. The van der Waals surface area contributed by atoms with Gasteiger partial charge in [0.15, 0.2) is 0 Å². The molecule has 1 heterocycles. The summed E-state index contributed by atoms with van der Waals surface area (Å²) in [4.78, 5) is 15.2. The largest absolute Gasteiger partial charge is 0.465 e. The Labute approximate surface area is 88.5 Å². The van der Waals surface area contributed by atoms with Crippen molar-refractivity contribution < 1.29 is 9.53 Å². The topological polar surface area (TPSA) is 63.0 Å². The third kappa shape index (κ3) is 3.39. The third-order valence-electron chi connectivity index (χ3n) is 1.92. The van der Waals surface area contributed by atoms with Crippen LogP contribution in [0.5, 0.6) is 0 Å². The molecule has 0 bridgehead atoms. The highest BCUT2D eigenvalue weighted by atomic mass is 16.5. The summed E-state index contributed by atoms with van der Waals surface area (Å²) in [5.74, 6) is -1.19. The molecule has 0 radical (unpaired) electrons. The van der Waals surface area contributed by atoms with E-state index in [1.807, 2.05) is 6.07 Å². The summed E-state index contributed by atoms with van der Waals surface area (Å²) in [5, 5.41) is 8.82. The number of carbonyl (C=O) groups excluding carboxylic acids is 1. The first-order valence-electron chi connectivity index (χ1n) is 4.73. The van der Waals surface area contributed by atoms with Crippen LogP contribution in [0.2, 0.25) is 0 Å². The minimum Gasteiger partial charge on any atom is -0.465 e. The second kappa shape index (κ2) is 5.76. The quantitative estimate of drug-likeness (QED) is 0.694. The van der Waals surface area contributed by atoms with E-state index in [0.29, 0.717) is 13.0 Å². The summed E-state index contributed by atoms with van der Waals surface area (Å²) in [7, 11) is 0. The van der Waals surface area contributed by atoms with E-state index >= 15 is 0 Å². The van der Waals surface area contributed by atoms with Crippen LogP contribution < -0.4 is 0 Å². The van der Waals surface area contributed by atoms with Gasteiger partial charge >= 0.3 is 5.97 Å². The highest BCUT2D eigenvalue weighted by molar-refractivity contribution is 5.75. The molecule has 15 heavy (non-hydrogen) atoms. The zero-order chi connectivity index (χ0) is 11.1. The summed E-state index contributed by atoms with van der Waals surface area (Å²) in [6.07, 6.45) is 3.64. The van der Waals surface area contributed by atoms with Crippen LogP contribution in [0.1, 0.15) is 12.5 Å². The van der Waals surface area contributed by atoms with E-state index in [0.717, 1.165) is 5.56 Å². The highest BCUT2D eigenvalue weighted by Gasteiger charge is 2.19. The fourth-order valence-corrected chi connectivity index (χ4v) is 1.18. The smallest absolute Gasteiger partial charge is 0.323 e. The number of carbonyl (C=O) groups is 1. The second-order valence-corrected chi connectivity index (χ2v) is 2.99. The van der Waals surface area contributed by atoms with E-state index in [1.54, 1.807) is 31.5 Å². The third-order valence-corrected chi connectivity index (χ3v) is 1.92. The molecular weight excluding hydrogens is 192 g/mol. The van der Waals surface area contributed by atoms with Gasteiger partial charge in [-0.15, -0.1) is 0 Å². The van der Waals surface area contributed by atoms with Crippen molar-refractivity contribution >= 4 is 5.97 Å². The van der Waals surface area contributed by atoms with Crippen LogP contribution in [0.4, 0.5) is 0 Å². The van der Waals surface area contributed by atoms with Crippen LogP contribution in [0, 0.1) is 17.2 Å². The molecule has 0 aliphatic heterocycles. The molecule has 1 atom stereocenters. The Balaban J connectivity index is 2.63. The number of ether oxygens (including phenoxy) is 1. The van der Waals surface area contributed by atoms with E-state index in [9.17, 15) is 4.79 Å². The van der Waals surface area contributed by atoms with Gasteiger partial charge < -0.3 is 4.74 Å². The molecule has 78 valence electrons. The van der Waals surface area contributed by atoms with Gasteiger partial charge in [0.2, 0.25) is 0 Å². The van der Waals surface area contributed by atoms with E-state index in [-0.39, 0.29) is 0 Å². The fraction of sp³-hybridized carbons (Fsp3) is 0.364. The number of aromatic nitrogens is 1. The number of hydrogen-bond acceptors (Lipinski definition) is 4. The van der Waals surface area contributed by atoms with Crippen LogP contribution in [0.25, 0.3) is 0 Å².